The Bertz CT molecular complexity index is 814. The summed E-state index contributed by atoms with van der Waals surface area (Å²) in [5, 5.41) is 10.2. The third-order valence-electron chi connectivity index (χ3n) is 4.92. The number of benzene rings is 1. The van der Waals surface area contributed by atoms with Crippen molar-refractivity contribution >= 4 is 29.4 Å². The van der Waals surface area contributed by atoms with Crippen LogP contribution in [0.2, 0.25) is 0 Å². The summed E-state index contributed by atoms with van der Waals surface area (Å²) in [5.74, 6) is -2.94. The van der Waals surface area contributed by atoms with Gasteiger partial charge in [-0.1, -0.05) is 30.3 Å². The van der Waals surface area contributed by atoms with Crippen molar-refractivity contribution in [2.24, 2.45) is 0 Å². The van der Waals surface area contributed by atoms with E-state index >= 15 is 0 Å². The van der Waals surface area contributed by atoms with Gasteiger partial charge in [-0.15, -0.1) is 0 Å². The Balaban J connectivity index is 1.77. The van der Waals surface area contributed by atoms with Crippen molar-refractivity contribution in [1.29, 1.82) is 0 Å². The Morgan fingerprint density at radius 1 is 1.06 bits per heavy atom. The number of rotatable bonds is 10. The number of hydrogen-bond donors (Lipinski definition) is 4. The maximum absolute atomic E-state index is 12.5. The van der Waals surface area contributed by atoms with Crippen molar-refractivity contribution in [2.45, 2.75) is 38.4 Å². The fourth-order valence-electron chi connectivity index (χ4n) is 3.27. The number of likely N-dealkylation sites (tertiary alicyclic amines) is 1. The smallest absolute Gasteiger partial charge is 0.290 e. The molecule has 10 nitrogen and oxygen atoms in total. The molecule has 10 heteroatoms. The van der Waals surface area contributed by atoms with Gasteiger partial charge >= 0.3 is 0 Å². The minimum absolute atomic E-state index is 0.118. The first kappa shape index (κ1) is 24.0. The Morgan fingerprint density at radius 2 is 1.77 bits per heavy atom. The van der Waals surface area contributed by atoms with Crippen LogP contribution in [0.15, 0.2) is 30.3 Å². The van der Waals surface area contributed by atoms with Crippen molar-refractivity contribution in [2.75, 3.05) is 26.7 Å². The molecule has 2 atom stereocenters. The molecule has 1 aromatic carbocycles. The van der Waals surface area contributed by atoms with Gasteiger partial charge < -0.3 is 26.2 Å². The number of carbonyl (C=O) groups excluding carboxylic acids is 5. The molecule has 0 aromatic heterocycles. The molecule has 0 bridgehead atoms. The summed E-state index contributed by atoms with van der Waals surface area (Å²) in [6.45, 7) is 1.93. The average Bonchev–Trinajstić information content (AvgIpc) is 3.26. The molecule has 0 aliphatic carbocycles. The molecule has 1 aliphatic heterocycles. The lowest BCUT2D eigenvalue weighted by molar-refractivity contribution is -0.142. The number of likely N-dealkylation sites (N-methyl/N-ethyl adjacent to an activating group) is 1. The van der Waals surface area contributed by atoms with Crippen LogP contribution in [0.5, 0.6) is 0 Å². The average molecular weight is 431 g/mol. The molecular weight excluding hydrogens is 402 g/mol. The van der Waals surface area contributed by atoms with E-state index in [0.717, 1.165) is 5.56 Å². The van der Waals surface area contributed by atoms with E-state index in [9.17, 15) is 24.0 Å². The molecular formula is C21H29N5O5. The van der Waals surface area contributed by atoms with Gasteiger partial charge in [-0.2, -0.15) is 0 Å². The van der Waals surface area contributed by atoms with Gasteiger partial charge in [0.15, 0.2) is 0 Å². The van der Waals surface area contributed by atoms with E-state index in [2.05, 4.69) is 21.3 Å². The molecule has 1 aliphatic rings. The maximum atomic E-state index is 12.5. The molecule has 0 spiro atoms. The number of nitrogens with one attached hydrogen (secondary N) is 4. The van der Waals surface area contributed by atoms with Crippen molar-refractivity contribution in [3.63, 3.8) is 0 Å². The van der Waals surface area contributed by atoms with Crippen molar-refractivity contribution in [1.82, 2.24) is 26.2 Å². The summed E-state index contributed by atoms with van der Waals surface area (Å²) < 4.78 is 0. The highest BCUT2D eigenvalue weighted by Crippen LogP contribution is 2.17. The van der Waals surface area contributed by atoms with E-state index in [-0.39, 0.29) is 19.0 Å². The monoisotopic (exact) mass is 431 g/mol. The van der Waals surface area contributed by atoms with Gasteiger partial charge in [0.05, 0.1) is 19.1 Å². The number of hydrogen-bond acceptors (Lipinski definition) is 6. The second kappa shape index (κ2) is 11.8. The minimum Gasteiger partial charge on any atom is -0.350 e. The third-order valence-corrected chi connectivity index (χ3v) is 4.92. The van der Waals surface area contributed by atoms with Crippen LogP contribution in [0.3, 0.4) is 0 Å². The molecule has 31 heavy (non-hydrogen) atoms. The van der Waals surface area contributed by atoms with Gasteiger partial charge in [0.2, 0.25) is 23.5 Å². The molecule has 1 fully saturated rings. The van der Waals surface area contributed by atoms with E-state index in [0.29, 0.717) is 25.9 Å². The summed E-state index contributed by atoms with van der Waals surface area (Å²) in [6, 6.07) is 7.51. The van der Waals surface area contributed by atoms with Crippen LogP contribution in [-0.4, -0.2) is 73.1 Å². The summed E-state index contributed by atoms with van der Waals surface area (Å²) >= 11 is 0. The van der Waals surface area contributed by atoms with Gasteiger partial charge in [-0.05, 0) is 32.4 Å². The third kappa shape index (κ3) is 7.18. The second-order valence-electron chi connectivity index (χ2n) is 7.32. The lowest BCUT2D eigenvalue weighted by Crippen LogP contribution is -2.53. The van der Waals surface area contributed by atoms with E-state index in [1.165, 1.54) is 11.8 Å². The zero-order chi connectivity index (χ0) is 22.8. The lowest BCUT2D eigenvalue weighted by atomic mass is 10.1. The van der Waals surface area contributed by atoms with E-state index in [4.69, 9.17) is 0 Å². The number of Topliss-reactive ketones (excluding diaryl/α,β-unsaturated/α-hetero) is 1. The van der Waals surface area contributed by atoms with Crippen molar-refractivity contribution in [3.8, 4) is 0 Å². The van der Waals surface area contributed by atoms with Gasteiger partial charge in [0.1, 0.15) is 6.04 Å². The number of nitrogens with zero attached hydrogens (tertiary/aromatic N) is 1. The number of ketones is 1. The normalized spacial score (nSPS) is 16.3. The largest absolute Gasteiger partial charge is 0.350 e. The lowest BCUT2D eigenvalue weighted by Gasteiger charge is -2.25. The van der Waals surface area contributed by atoms with Crippen LogP contribution in [0, 0.1) is 0 Å². The molecule has 4 N–H and O–H groups in total. The fraction of sp³-hybridized carbons (Fsp3) is 0.476. The summed E-state index contributed by atoms with van der Waals surface area (Å²) in [7, 11) is 1.64. The van der Waals surface area contributed by atoms with Crippen LogP contribution in [0.25, 0.3) is 0 Å². The summed E-state index contributed by atoms with van der Waals surface area (Å²) in [6.07, 6.45) is 1.18. The maximum Gasteiger partial charge on any atom is 0.290 e. The van der Waals surface area contributed by atoms with Gasteiger partial charge in [0, 0.05) is 13.1 Å². The van der Waals surface area contributed by atoms with Gasteiger partial charge in [-0.25, -0.2) is 0 Å². The zero-order valence-corrected chi connectivity index (χ0v) is 17.8. The number of carbonyl (C=O) groups is 5. The predicted octanol–water partition coefficient (Wildman–Crippen LogP) is -1.30. The van der Waals surface area contributed by atoms with Crippen molar-refractivity contribution in [3.05, 3.63) is 35.9 Å². The highest BCUT2D eigenvalue weighted by Gasteiger charge is 2.35. The Morgan fingerprint density at radius 3 is 2.45 bits per heavy atom. The zero-order valence-electron chi connectivity index (χ0n) is 17.8. The molecule has 1 heterocycles. The molecule has 4 amide bonds. The molecule has 0 radical (unpaired) electrons. The first-order chi connectivity index (χ1) is 14.8. The van der Waals surface area contributed by atoms with Crippen LogP contribution in [-0.2, 0) is 30.5 Å². The van der Waals surface area contributed by atoms with Gasteiger partial charge in [-0.3, -0.25) is 24.0 Å². The quantitative estimate of drug-likeness (QED) is 0.340. The topological polar surface area (TPSA) is 137 Å². The molecule has 1 saturated heterocycles. The molecule has 1 aromatic rings. The fourth-order valence-corrected chi connectivity index (χ4v) is 3.27. The SMILES string of the molecule is CNCC(=O)N1CCCC1C(=O)NC(C)C(=O)C(=O)NCC(=O)NCc1ccccc1. The Hall–Kier alpha value is -3.27. The van der Waals surface area contributed by atoms with Crippen molar-refractivity contribution < 1.29 is 24.0 Å². The number of amides is 4. The highest BCUT2D eigenvalue weighted by atomic mass is 16.2. The minimum atomic E-state index is -1.08. The summed E-state index contributed by atoms with van der Waals surface area (Å²) in [4.78, 5) is 62.3. The standard InChI is InChI=1S/C21H29N5O5/c1-14(25-20(30)16-9-6-10-26(16)18(28)13-22-2)19(29)21(31)24-12-17(27)23-11-15-7-4-3-5-8-15/h3-5,7-8,14,16,22H,6,9-13H2,1-2H3,(H,23,27)(H,24,31)(H,25,30). The van der Waals surface area contributed by atoms with Crippen LogP contribution in [0.4, 0.5) is 0 Å². The predicted molar refractivity (Wildman–Crippen MR) is 113 cm³/mol. The Labute approximate surface area is 181 Å². The summed E-state index contributed by atoms with van der Waals surface area (Å²) in [5.41, 5.74) is 0.906. The van der Waals surface area contributed by atoms with E-state index in [1.54, 1.807) is 7.05 Å². The molecule has 2 unspecified atom stereocenters. The molecule has 168 valence electrons. The molecule has 0 saturated carbocycles. The van der Waals surface area contributed by atoms with Gasteiger partial charge in [0.25, 0.3) is 5.91 Å². The van der Waals surface area contributed by atoms with Crippen LogP contribution >= 0.6 is 0 Å². The van der Waals surface area contributed by atoms with E-state index in [1.807, 2.05) is 30.3 Å². The molecule has 2 rings (SSSR count). The highest BCUT2D eigenvalue weighted by molar-refractivity contribution is 6.38. The first-order valence-corrected chi connectivity index (χ1v) is 10.2. The van der Waals surface area contributed by atoms with Crippen LogP contribution < -0.4 is 21.3 Å². The first-order valence-electron chi connectivity index (χ1n) is 10.2. The Kier molecular flexibility index (Phi) is 9.13. The van der Waals surface area contributed by atoms with Crippen LogP contribution in [0.1, 0.15) is 25.3 Å². The second-order valence-corrected chi connectivity index (χ2v) is 7.32. The van der Waals surface area contributed by atoms with E-state index < -0.39 is 35.6 Å².